The van der Waals surface area contributed by atoms with Crippen LogP contribution in [0.1, 0.15) is 24.2 Å². The summed E-state index contributed by atoms with van der Waals surface area (Å²) in [7, 11) is 0. The number of rotatable bonds is 20. The van der Waals surface area contributed by atoms with Gasteiger partial charge in [-0.15, -0.1) is 6.42 Å². The number of likely N-dealkylation sites (tertiary alicyclic amines) is 1. The van der Waals surface area contributed by atoms with E-state index >= 15 is 0 Å². The van der Waals surface area contributed by atoms with E-state index in [0.29, 0.717) is 65.0 Å². The van der Waals surface area contributed by atoms with E-state index in [2.05, 4.69) is 31.0 Å². The lowest BCUT2D eigenvalue weighted by Gasteiger charge is -2.32. The predicted molar refractivity (Wildman–Crippen MR) is 174 cm³/mol. The molecule has 1 amide bonds. The van der Waals surface area contributed by atoms with Crippen LogP contribution in [0.4, 0.5) is 10.7 Å². The Hall–Kier alpha value is -3.93. The summed E-state index contributed by atoms with van der Waals surface area (Å²) in [4.78, 5) is 23.8. The van der Waals surface area contributed by atoms with Crippen molar-refractivity contribution >= 4 is 23.1 Å². The summed E-state index contributed by atoms with van der Waals surface area (Å²) in [6.07, 6.45) is 6.53. The van der Waals surface area contributed by atoms with Crippen molar-refractivity contribution in [3.05, 3.63) is 47.8 Å². The van der Waals surface area contributed by atoms with Crippen LogP contribution in [0.2, 0.25) is 0 Å². The smallest absolute Gasteiger partial charge is 0.407 e. The van der Waals surface area contributed by atoms with Gasteiger partial charge in [0.25, 0.3) is 0 Å². The maximum absolute atomic E-state index is 12.0. The van der Waals surface area contributed by atoms with Crippen LogP contribution in [0.3, 0.4) is 0 Å². The Bertz CT molecular complexity index is 1390. The number of ether oxygens (including phenoxy) is 5. The third kappa shape index (κ3) is 11.8. The number of aryl methyl sites for hydroxylation is 1. The molecular formula is C33H46N6O7. The minimum absolute atomic E-state index is 0.174. The summed E-state index contributed by atoms with van der Waals surface area (Å²) < 4.78 is 28.6. The van der Waals surface area contributed by atoms with Crippen molar-refractivity contribution in [1.82, 2.24) is 24.8 Å². The van der Waals surface area contributed by atoms with Crippen LogP contribution in [0.5, 0.6) is 5.75 Å². The number of amides is 1. The predicted octanol–water partition coefficient (Wildman–Crippen LogP) is 2.80. The van der Waals surface area contributed by atoms with Gasteiger partial charge < -0.3 is 48.9 Å². The average molecular weight is 639 g/mol. The van der Waals surface area contributed by atoms with Crippen LogP contribution in [0, 0.1) is 19.3 Å². The summed E-state index contributed by atoms with van der Waals surface area (Å²) >= 11 is 0. The van der Waals surface area contributed by atoms with Gasteiger partial charge in [0, 0.05) is 37.9 Å². The molecule has 1 saturated heterocycles. The first-order chi connectivity index (χ1) is 22.5. The number of carbonyl (C=O) groups excluding carboxylic acids is 1. The number of piperidine rings is 1. The van der Waals surface area contributed by atoms with Gasteiger partial charge in [-0.2, -0.15) is 0 Å². The molecule has 13 heteroatoms. The molecule has 0 aliphatic carbocycles. The summed E-state index contributed by atoms with van der Waals surface area (Å²) in [5.74, 6) is 3.34. The van der Waals surface area contributed by atoms with E-state index in [1.807, 2.05) is 31.2 Å². The van der Waals surface area contributed by atoms with E-state index in [-0.39, 0.29) is 25.0 Å². The van der Waals surface area contributed by atoms with Gasteiger partial charge in [-0.1, -0.05) is 18.1 Å². The second-order valence-electron chi connectivity index (χ2n) is 10.8. The van der Waals surface area contributed by atoms with Crippen LogP contribution in [-0.4, -0.2) is 122 Å². The van der Waals surface area contributed by atoms with E-state index in [1.165, 1.54) is 0 Å². The normalized spacial score (nSPS) is 13.9. The second kappa shape index (κ2) is 19.6. The summed E-state index contributed by atoms with van der Waals surface area (Å²) in [5, 5.41) is 16.9. The van der Waals surface area contributed by atoms with E-state index < -0.39 is 6.09 Å². The molecule has 0 bridgehead atoms. The second-order valence-corrected chi connectivity index (χ2v) is 10.8. The molecule has 1 fully saturated rings. The number of nitrogens with zero attached hydrogens (tertiary/aromatic N) is 4. The molecule has 2 aromatic heterocycles. The van der Waals surface area contributed by atoms with Crippen molar-refractivity contribution in [2.75, 3.05) is 91.0 Å². The fraction of sp³-hybridized carbons (Fsp3) is 0.545. The monoisotopic (exact) mass is 638 g/mol. The van der Waals surface area contributed by atoms with Crippen LogP contribution in [0.15, 0.2) is 36.4 Å². The molecule has 4 rings (SSSR count). The number of nitrogens with one attached hydrogen (secondary N) is 2. The number of aromatic nitrogens is 3. The van der Waals surface area contributed by atoms with Gasteiger partial charge in [0.05, 0.1) is 63.8 Å². The zero-order valence-electron chi connectivity index (χ0n) is 26.6. The largest absolute Gasteiger partial charge is 0.506 e. The van der Waals surface area contributed by atoms with Crippen molar-refractivity contribution in [1.29, 1.82) is 0 Å². The molecule has 46 heavy (non-hydrogen) atoms. The fourth-order valence-electron chi connectivity index (χ4n) is 5.05. The Morgan fingerprint density at radius 3 is 2.35 bits per heavy atom. The molecule has 3 heterocycles. The number of imidazole rings is 1. The minimum atomic E-state index is -0.451. The highest BCUT2D eigenvalue weighted by Gasteiger charge is 2.22. The van der Waals surface area contributed by atoms with Gasteiger partial charge in [0.15, 0.2) is 0 Å². The number of terminal acetylenes is 1. The van der Waals surface area contributed by atoms with Gasteiger partial charge in [-0.25, -0.2) is 9.78 Å². The lowest BCUT2D eigenvalue weighted by Crippen LogP contribution is -2.43. The lowest BCUT2D eigenvalue weighted by molar-refractivity contribution is -0.00409. The van der Waals surface area contributed by atoms with Crippen LogP contribution in [-0.2, 0) is 30.2 Å². The van der Waals surface area contributed by atoms with Gasteiger partial charge in [0.2, 0.25) is 5.95 Å². The third-order valence-electron chi connectivity index (χ3n) is 7.43. The highest BCUT2D eigenvalue weighted by Crippen LogP contribution is 2.25. The number of aromatic hydroxyl groups is 1. The Morgan fingerprint density at radius 2 is 1.63 bits per heavy atom. The third-order valence-corrected chi connectivity index (χ3v) is 7.43. The zero-order valence-corrected chi connectivity index (χ0v) is 26.6. The Morgan fingerprint density at radius 1 is 0.957 bits per heavy atom. The summed E-state index contributed by atoms with van der Waals surface area (Å²) in [6, 6.07) is 11.7. The number of para-hydroxylation sites is 2. The van der Waals surface area contributed by atoms with E-state index in [9.17, 15) is 9.90 Å². The first-order valence-electron chi connectivity index (χ1n) is 15.8. The number of hydrogen-bond acceptors (Lipinski definition) is 11. The Kier molecular flexibility index (Phi) is 14.9. The number of hydrogen-bond donors (Lipinski definition) is 3. The molecule has 0 unspecified atom stereocenters. The summed E-state index contributed by atoms with van der Waals surface area (Å²) in [6.45, 7) is 8.87. The minimum Gasteiger partial charge on any atom is -0.506 e. The van der Waals surface area contributed by atoms with Crippen LogP contribution in [0.25, 0.3) is 11.0 Å². The first kappa shape index (κ1) is 34.9. The number of alkyl carbamates (subject to hydrolysis) is 1. The number of fused-ring (bicyclic) bond motifs is 1. The topological polar surface area (TPSA) is 141 Å². The molecule has 13 nitrogen and oxygen atoms in total. The van der Waals surface area contributed by atoms with Crippen molar-refractivity contribution in [2.45, 2.75) is 32.4 Å². The molecule has 0 atom stereocenters. The number of carbonyl (C=O) groups is 1. The fourth-order valence-corrected chi connectivity index (χ4v) is 5.05. The first-order valence-corrected chi connectivity index (χ1v) is 15.8. The average Bonchev–Trinajstić information content (AvgIpc) is 3.40. The molecule has 0 radical (unpaired) electrons. The lowest BCUT2D eigenvalue weighted by atomic mass is 10.1. The molecule has 1 aromatic carbocycles. The zero-order chi connectivity index (χ0) is 32.4. The molecule has 3 N–H and O–H groups in total. The van der Waals surface area contributed by atoms with Gasteiger partial charge >= 0.3 is 6.09 Å². The molecule has 0 saturated carbocycles. The molecule has 1 aliphatic rings. The highest BCUT2D eigenvalue weighted by atomic mass is 16.6. The number of benzene rings is 1. The van der Waals surface area contributed by atoms with Crippen molar-refractivity contribution < 1.29 is 33.6 Å². The van der Waals surface area contributed by atoms with Crippen LogP contribution < -0.4 is 10.6 Å². The Balaban J connectivity index is 1.06. The molecule has 1 aliphatic heterocycles. The van der Waals surface area contributed by atoms with Crippen molar-refractivity contribution in [3.63, 3.8) is 0 Å². The van der Waals surface area contributed by atoms with E-state index in [0.717, 1.165) is 55.2 Å². The molecule has 250 valence electrons. The molecular weight excluding hydrogens is 592 g/mol. The van der Waals surface area contributed by atoms with E-state index in [4.69, 9.17) is 35.1 Å². The van der Waals surface area contributed by atoms with Crippen molar-refractivity contribution in [3.8, 4) is 18.1 Å². The quantitative estimate of drug-likeness (QED) is 0.124. The number of pyridine rings is 1. The SMILES string of the molecule is C#CCOCCOCCOCCOCCOC(=O)NCCN1CCC(Nc2nc3ccccc3n2Cc2nc(C)ccc2O)CC1. The van der Waals surface area contributed by atoms with E-state index in [1.54, 1.807) is 12.1 Å². The van der Waals surface area contributed by atoms with Gasteiger partial charge in [-0.3, -0.25) is 4.98 Å². The van der Waals surface area contributed by atoms with Gasteiger partial charge in [-0.05, 0) is 44.0 Å². The number of anilines is 1. The maximum Gasteiger partial charge on any atom is 0.407 e. The Labute approximate surface area is 270 Å². The molecule has 3 aromatic rings. The maximum atomic E-state index is 12.0. The molecule has 0 spiro atoms. The highest BCUT2D eigenvalue weighted by molar-refractivity contribution is 5.78. The van der Waals surface area contributed by atoms with Crippen LogP contribution >= 0.6 is 0 Å². The van der Waals surface area contributed by atoms with Crippen molar-refractivity contribution in [2.24, 2.45) is 0 Å². The summed E-state index contributed by atoms with van der Waals surface area (Å²) in [5.41, 5.74) is 3.35. The van der Waals surface area contributed by atoms with Gasteiger partial charge in [0.1, 0.15) is 24.7 Å². The standard InChI is InChI=1S/C33H46N6O7/c1-3-16-42-17-18-43-19-20-44-21-22-45-23-24-46-33(41)34-12-15-38-13-10-27(11-14-38)36-32-37-28-6-4-5-7-30(28)39(32)25-29-31(40)9-8-26(2)35-29/h1,4-9,27,40H,10-25H2,2H3,(H,34,41)(H,36,37).